The van der Waals surface area contributed by atoms with Crippen LogP contribution in [0.4, 0.5) is 16.3 Å². The molecule has 3 rings (SSSR count). The van der Waals surface area contributed by atoms with Gasteiger partial charge in [-0.05, 0) is 35.7 Å². The van der Waals surface area contributed by atoms with E-state index in [1.807, 2.05) is 35.2 Å². The van der Waals surface area contributed by atoms with Gasteiger partial charge in [-0.15, -0.1) is 0 Å². The van der Waals surface area contributed by atoms with Gasteiger partial charge in [0.1, 0.15) is 5.82 Å². The maximum atomic E-state index is 12.4. The van der Waals surface area contributed by atoms with Gasteiger partial charge in [-0.3, -0.25) is 0 Å². The van der Waals surface area contributed by atoms with E-state index < -0.39 is 0 Å². The number of pyridine rings is 1. The first kappa shape index (κ1) is 16.3. The molecule has 2 amide bonds. The fourth-order valence-corrected chi connectivity index (χ4v) is 2.83. The van der Waals surface area contributed by atoms with Crippen molar-refractivity contribution in [3.63, 3.8) is 0 Å². The molecule has 126 valence electrons. The Balaban J connectivity index is 1.53. The fourth-order valence-electron chi connectivity index (χ4n) is 2.83. The molecule has 1 N–H and O–H groups in total. The van der Waals surface area contributed by atoms with Gasteiger partial charge >= 0.3 is 6.03 Å². The number of nitrogens with one attached hydrogen (secondary N) is 1. The van der Waals surface area contributed by atoms with Crippen molar-refractivity contribution in [1.82, 2.24) is 9.88 Å². The smallest absolute Gasteiger partial charge is 0.321 e. The largest absolute Gasteiger partial charge is 0.353 e. The molecule has 2 aromatic rings. The Morgan fingerprint density at radius 3 is 2.33 bits per heavy atom. The van der Waals surface area contributed by atoms with E-state index in [4.69, 9.17) is 0 Å². The lowest BCUT2D eigenvalue weighted by Crippen LogP contribution is -2.50. The number of anilines is 2. The van der Waals surface area contributed by atoms with Crippen molar-refractivity contribution in [2.24, 2.45) is 0 Å². The van der Waals surface area contributed by atoms with E-state index >= 15 is 0 Å². The highest BCUT2D eigenvalue weighted by molar-refractivity contribution is 5.89. The highest BCUT2D eigenvalue weighted by Gasteiger charge is 2.21. The number of aromatic nitrogens is 1. The number of nitrogens with zero attached hydrogens (tertiary/aromatic N) is 3. The minimum Gasteiger partial charge on any atom is -0.353 e. The van der Waals surface area contributed by atoms with Crippen molar-refractivity contribution >= 4 is 17.5 Å². The second-order valence-electron chi connectivity index (χ2n) is 6.37. The van der Waals surface area contributed by atoms with Crippen LogP contribution in [0.15, 0.2) is 48.7 Å². The molecule has 24 heavy (non-hydrogen) atoms. The van der Waals surface area contributed by atoms with Crippen molar-refractivity contribution in [3.8, 4) is 0 Å². The van der Waals surface area contributed by atoms with Gasteiger partial charge in [0.25, 0.3) is 0 Å². The SMILES string of the molecule is CC(C)c1ccc(NC(=O)N2CCN(c3ccccn3)CC2)cc1. The monoisotopic (exact) mass is 324 g/mol. The lowest BCUT2D eigenvalue weighted by atomic mass is 10.0. The molecule has 1 aliphatic rings. The van der Waals surface area contributed by atoms with Crippen molar-refractivity contribution in [2.45, 2.75) is 19.8 Å². The first-order valence-corrected chi connectivity index (χ1v) is 8.45. The van der Waals surface area contributed by atoms with Gasteiger partial charge in [0, 0.05) is 38.1 Å². The molecule has 0 bridgehead atoms. The summed E-state index contributed by atoms with van der Waals surface area (Å²) in [5.41, 5.74) is 2.12. The molecule has 1 aliphatic heterocycles. The van der Waals surface area contributed by atoms with E-state index in [0.717, 1.165) is 24.6 Å². The lowest BCUT2D eigenvalue weighted by molar-refractivity contribution is 0.208. The van der Waals surface area contributed by atoms with E-state index in [1.165, 1.54) is 5.56 Å². The highest BCUT2D eigenvalue weighted by atomic mass is 16.2. The molecule has 5 nitrogen and oxygen atoms in total. The van der Waals surface area contributed by atoms with E-state index in [0.29, 0.717) is 19.0 Å². The molecule has 1 aromatic carbocycles. The zero-order valence-corrected chi connectivity index (χ0v) is 14.3. The van der Waals surface area contributed by atoms with Crippen LogP contribution in [0.1, 0.15) is 25.3 Å². The maximum absolute atomic E-state index is 12.4. The summed E-state index contributed by atoms with van der Waals surface area (Å²) >= 11 is 0. The van der Waals surface area contributed by atoms with Crippen LogP contribution < -0.4 is 10.2 Å². The van der Waals surface area contributed by atoms with Gasteiger partial charge in [-0.25, -0.2) is 9.78 Å². The van der Waals surface area contributed by atoms with E-state index in [1.54, 1.807) is 6.20 Å². The Labute approximate surface area is 143 Å². The average Bonchev–Trinajstić information content (AvgIpc) is 2.63. The minimum absolute atomic E-state index is 0.0343. The van der Waals surface area contributed by atoms with Crippen LogP contribution in [0.25, 0.3) is 0 Å². The molecule has 0 aliphatic carbocycles. The number of rotatable bonds is 3. The Morgan fingerprint density at radius 1 is 1.04 bits per heavy atom. The summed E-state index contributed by atoms with van der Waals surface area (Å²) < 4.78 is 0. The zero-order chi connectivity index (χ0) is 16.9. The van der Waals surface area contributed by atoms with Gasteiger partial charge in [0.15, 0.2) is 0 Å². The molecular weight excluding hydrogens is 300 g/mol. The molecular formula is C19H24N4O. The second-order valence-corrected chi connectivity index (χ2v) is 6.37. The zero-order valence-electron chi connectivity index (χ0n) is 14.3. The molecule has 0 saturated carbocycles. The standard InChI is InChI=1S/C19H24N4O/c1-15(2)16-6-8-17(9-7-16)21-19(24)23-13-11-22(12-14-23)18-5-3-4-10-20-18/h3-10,15H,11-14H2,1-2H3,(H,21,24). The van der Waals surface area contributed by atoms with Crippen molar-refractivity contribution in [3.05, 3.63) is 54.2 Å². The summed E-state index contributed by atoms with van der Waals surface area (Å²) in [5, 5.41) is 2.99. The Bertz CT molecular complexity index is 662. The number of carbonyl (C=O) groups excluding carboxylic acids is 1. The Morgan fingerprint density at radius 2 is 1.75 bits per heavy atom. The molecule has 0 atom stereocenters. The van der Waals surface area contributed by atoms with Crippen molar-refractivity contribution in [2.75, 3.05) is 36.4 Å². The molecule has 0 spiro atoms. The van der Waals surface area contributed by atoms with Gasteiger partial charge in [0.2, 0.25) is 0 Å². The predicted molar refractivity (Wildman–Crippen MR) is 97.6 cm³/mol. The Kier molecular flexibility index (Phi) is 4.99. The molecule has 0 unspecified atom stereocenters. The van der Waals surface area contributed by atoms with Gasteiger partial charge in [-0.1, -0.05) is 32.0 Å². The predicted octanol–water partition coefficient (Wildman–Crippen LogP) is 3.56. The lowest BCUT2D eigenvalue weighted by Gasteiger charge is -2.35. The van der Waals surface area contributed by atoms with Crippen LogP contribution in [0.3, 0.4) is 0 Å². The van der Waals surface area contributed by atoms with Gasteiger partial charge < -0.3 is 15.1 Å². The second kappa shape index (κ2) is 7.34. The number of piperazine rings is 1. The third-order valence-electron chi connectivity index (χ3n) is 4.37. The normalized spacial score (nSPS) is 14.8. The van der Waals surface area contributed by atoms with E-state index in [9.17, 15) is 4.79 Å². The molecule has 2 heterocycles. The summed E-state index contributed by atoms with van der Waals surface area (Å²) in [6, 6.07) is 14.0. The summed E-state index contributed by atoms with van der Waals surface area (Å²) in [4.78, 5) is 20.8. The van der Waals surface area contributed by atoms with Crippen LogP contribution in [-0.2, 0) is 0 Å². The number of hydrogen-bond acceptors (Lipinski definition) is 3. The topological polar surface area (TPSA) is 48.5 Å². The average molecular weight is 324 g/mol. The first-order chi connectivity index (χ1) is 11.6. The van der Waals surface area contributed by atoms with Crippen molar-refractivity contribution < 1.29 is 4.79 Å². The van der Waals surface area contributed by atoms with Crippen molar-refractivity contribution in [1.29, 1.82) is 0 Å². The number of benzene rings is 1. The number of urea groups is 1. The van der Waals surface area contributed by atoms with Crippen LogP contribution in [0, 0.1) is 0 Å². The summed E-state index contributed by atoms with van der Waals surface area (Å²) in [6.45, 7) is 7.33. The van der Waals surface area contributed by atoms with E-state index in [2.05, 4.69) is 41.2 Å². The number of carbonyl (C=O) groups is 1. The first-order valence-electron chi connectivity index (χ1n) is 8.45. The molecule has 1 saturated heterocycles. The molecule has 1 aromatic heterocycles. The van der Waals surface area contributed by atoms with Crippen LogP contribution in [0.2, 0.25) is 0 Å². The van der Waals surface area contributed by atoms with Gasteiger partial charge in [-0.2, -0.15) is 0 Å². The summed E-state index contributed by atoms with van der Waals surface area (Å²) in [7, 11) is 0. The van der Waals surface area contributed by atoms with Crippen LogP contribution in [0.5, 0.6) is 0 Å². The molecule has 0 radical (unpaired) electrons. The molecule has 1 fully saturated rings. The minimum atomic E-state index is -0.0343. The Hall–Kier alpha value is -2.56. The number of hydrogen-bond donors (Lipinski definition) is 1. The third kappa shape index (κ3) is 3.85. The van der Waals surface area contributed by atoms with Crippen LogP contribution in [-0.4, -0.2) is 42.1 Å². The molecule has 5 heteroatoms. The third-order valence-corrected chi connectivity index (χ3v) is 4.37. The summed E-state index contributed by atoms with van der Waals surface area (Å²) in [6.07, 6.45) is 1.80. The quantitative estimate of drug-likeness (QED) is 0.939. The number of amides is 2. The maximum Gasteiger partial charge on any atom is 0.321 e. The fraction of sp³-hybridized carbons (Fsp3) is 0.368. The van der Waals surface area contributed by atoms with Gasteiger partial charge in [0.05, 0.1) is 0 Å². The van der Waals surface area contributed by atoms with E-state index in [-0.39, 0.29) is 6.03 Å². The van der Waals surface area contributed by atoms with Crippen LogP contribution >= 0.6 is 0 Å². The highest BCUT2D eigenvalue weighted by Crippen LogP contribution is 2.18. The summed E-state index contributed by atoms with van der Waals surface area (Å²) in [5.74, 6) is 1.47.